The Balaban J connectivity index is 1.50. The zero-order valence-electron chi connectivity index (χ0n) is 14.4. The van der Waals surface area contributed by atoms with Crippen molar-refractivity contribution in [3.8, 4) is 0 Å². The van der Waals surface area contributed by atoms with Crippen molar-refractivity contribution in [1.29, 1.82) is 0 Å². The molecule has 0 unspecified atom stereocenters. The number of amides is 3. The number of nitrogens with zero attached hydrogens (tertiary/aromatic N) is 2. The number of benzene rings is 1. The molecule has 2 fully saturated rings. The molecule has 0 saturated carbocycles. The lowest BCUT2D eigenvalue weighted by molar-refractivity contribution is -0.143. The summed E-state index contributed by atoms with van der Waals surface area (Å²) in [7, 11) is 0. The number of carbonyl (C=O) groups excluding carboxylic acids is 3. The molecule has 0 aliphatic carbocycles. The van der Waals surface area contributed by atoms with Crippen molar-refractivity contribution < 1.29 is 14.4 Å². The van der Waals surface area contributed by atoms with Crippen LogP contribution in [0.25, 0.3) is 0 Å². The van der Waals surface area contributed by atoms with Gasteiger partial charge in [-0.3, -0.25) is 19.3 Å². The van der Waals surface area contributed by atoms with Gasteiger partial charge in [0.1, 0.15) is 0 Å². The average Bonchev–Trinajstić information content (AvgIpc) is 2.67. The zero-order chi connectivity index (χ0) is 17.6. The first-order valence-corrected chi connectivity index (χ1v) is 9.02. The lowest BCUT2D eigenvalue weighted by atomic mass is 9.95. The third kappa shape index (κ3) is 4.35. The van der Waals surface area contributed by atoms with E-state index in [-0.39, 0.29) is 23.6 Å². The Bertz CT molecular complexity index is 661. The van der Waals surface area contributed by atoms with Crippen LogP contribution in [0.4, 0.5) is 0 Å². The zero-order valence-corrected chi connectivity index (χ0v) is 14.4. The molecule has 25 heavy (non-hydrogen) atoms. The summed E-state index contributed by atoms with van der Waals surface area (Å²) in [5.41, 5.74) is 0.718. The van der Waals surface area contributed by atoms with Crippen molar-refractivity contribution in [2.75, 3.05) is 19.6 Å². The van der Waals surface area contributed by atoms with Gasteiger partial charge in [0.15, 0.2) is 0 Å². The molecule has 3 rings (SSSR count). The van der Waals surface area contributed by atoms with Crippen LogP contribution in [-0.4, -0.2) is 47.2 Å². The van der Waals surface area contributed by atoms with Gasteiger partial charge in [0.25, 0.3) is 11.8 Å². The van der Waals surface area contributed by atoms with E-state index in [4.69, 9.17) is 0 Å². The molecule has 1 aromatic rings. The highest BCUT2D eigenvalue weighted by Crippen LogP contribution is 2.20. The van der Waals surface area contributed by atoms with Crippen LogP contribution in [0.1, 0.15) is 42.5 Å². The Kier molecular flexibility index (Phi) is 5.64. The van der Waals surface area contributed by atoms with Gasteiger partial charge in [0.2, 0.25) is 5.91 Å². The number of imide groups is 1. The van der Waals surface area contributed by atoms with Crippen molar-refractivity contribution in [2.45, 2.75) is 32.1 Å². The average molecular weight is 340 g/mol. The second-order valence-corrected chi connectivity index (χ2v) is 6.70. The summed E-state index contributed by atoms with van der Waals surface area (Å²) in [6.07, 6.45) is 7.38. The molecule has 0 N–H and O–H groups in total. The van der Waals surface area contributed by atoms with Gasteiger partial charge in [-0.1, -0.05) is 24.3 Å². The van der Waals surface area contributed by atoms with Crippen LogP contribution >= 0.6 is 0 Å². The lowest BCUT2D eigenvalue weighted by Gasteiger charge is -2.31. The van der Waals surface area contributed by atoms with Gasteiger partial charge in [-0.25, -0.2) is 0 Å². The molecule has 2 aliphatic rings. The third-order valence-corrected chi connectivity index (χ3v) is 4.95. The van der Waals surface area contributed by atoms with E-state index in [1.807, 2.05) is 41.3 Å². The first kappa shape index (κ1) is 17.4. The molecule has 5 nitrogen and oxygen atoms in total. The van der Waals surface area contributed by atoms with Crippen molar-refractivity contribution in [3.63, 3.8) is 0 Å². The predicted octanol–water partition coefficient (Wildman–Crippen LogP) is 2.63. The second kappa shape index (κ2) is 8.10. The fraction of sp³-hybridized carbons (Fsp3) is 0.450. The van der Waals surface area contributed by atoms with Gasteiger partial charge in [0.05, 0.1) is 0 Å². The molecular formula is C20H24N2O3. The summed E-state index contributed by atoms with van der Waals surface area (Å²) in [5.74, 6) is 0.0818. The summed E-state index contributed by atoms with van der Waals surface area (Å²) in [6, 6.07) is 9.32. The number of piperidine rings is 2. The predicted molar refractivity (Wildman–Crippen MR) is 94.8 cm³/mol. The Hall–Kier alpha value is -2.43. The molecule has 5 heteroatoms. The Morgan fingerprint density at radius 2 is 1.72 bits per heavy atom. The van der Waals surface area contributed by atoms with Gasteiger partial charge >= 0.3 is 0 Å². The SMILES string of the molecule is O=C(c1ccccc1)N1CCC(/C=C/C(=O)N2CCCCC2=O)CC1. The van der Waals surface area contributed by atoms with Crippen molar-refractivity contribution in [3.05, 3.63) is 48.0 Å². The van der Waals surface area contributed by atoms with Gasteiger partial charge in [-0.2, -0.15) is 0 Å². The van der Waals surface area contributed by atoms with Gasteiger partial charge in [-0.15, -0.1) is 0 Å². The maximum atomic E-state index is 12.4. The van der Waals surface area contributed by atoms with Gasteiger partial charge in [-0.05, 0) is 49.8 Å². The maximum absolute atomic E-state index is 12.4. The minimum absolute atomic E-state index is 0.0656. The number of likely N-dealkylation sites (tertiary alicyclic amines) is 2. The molecule has 1 aromatic carbocycles. The van der Waals surface area contributed by atoms with E-state index in [2.05, 4.69) is 0 Å². The number of allylic oxidation sites excluding steroid dienone is 1. The van der Waals surface area contributed by atoms with E-state index in [1.165, 1.54) is 4.90 Å². The molecule has 0 spiro atoms. The van der Waals surface area contributed by atoms with E-state index in [0.717, 1.165) is 31.2 Å². The summed E-state index contributed by atoms with van der Waals surface area (Å²) in [4.78, 5) is 39.6. The van der Waals surface area contributed by atoms with Crippen LogP contribution in [0.2, 0.25) is 0 Å². The van der Waals surface area contributed by atoms with Crippen molar-refractivity contribution in [1.82, 2.24) is 9.80 Å². The van der Waals surface area contributed by atoms with Crippen molar-refractivity contribution >= 4 is 17.7 Å². The summed E-state index contributed by atoms with van der Waals surface area (Å²) < 4.78 is 0. The van der Waals surface area contributed by atoms with Crippen LogP contribution in [0, 0.1) is 5.92 Å². The number of carbonyl (C=O) groups is 3. The monoisotopic (exact) mass is 340 g/mol. The smallest absolute Gasteiger partial charge is 0.253 e. The van der Waals surface area contributed by atoms with Crippen molar-refractivity contribution in [2.24, 2.45) is 5.92 Å². The van der Waals surface area contributed by atoms with Crippen LogP contribution in [0.5, 0.6) is 0 Å². The second-order valence-electron chi connectivity index (χ2n) is 6.70. The molecule has 132 valence electrons. The molecular weight excluding hydrogens is 316 g/mol. The summed E-state index contributed by atoms with van der Waals surface area (Å²) in [6.45, 7) is 1.92. The van der Waals surface area contributed by atoms with E-state index < -0.39 is 0 Å². The first-order valence-electron chi connectivity index (χ1n) is 9.02. The highest BCUT2D eigenvalue weighted by atomic mass is 16.2. The minimum atomic E-state index is -0.201. The first-order chi connectivity index (χ1) is 12.1. The van der Waals surface area contributed by atoms with Crippen LogP contribution in [0.15, 0.2) is 42.5 Å². The molecule has 0 aromatic heterocycles. The Labute approximate surface area is 148 Å². The van der Waals surface area contributed by atoms with E-state index >= 15 is 0 Å². The van der Waals surface area contributed by atoms with Crippen LogP contribution in [0.3, 0.4) is 0 Å². The fourth-order valence-electron chi connectivity index (χ4n) is 3.41. The topological polar surface area (TPSA) is 57.7 Å². The Morgan fingerprint density at radius 1 is 1.00 bits per heavy atom. The lowest BCUT2D eigenvalue weighted by Crippen LogP contribution is -2.39. The molecule has 2 aliphatic heterocycles. The fourth-order valence-corrected chi connectivity index (χ4v) is 3.41. The maximum Gasteiger partial charge on any atom is 0.253 e. The summed E-state index contributed by atoms with van der Waals surface area (Å²) >= 11 is 0. The van der Waals surface area contributed by atoms with Crippen LogP contribution < -0.4 is 0 Å². The largest absolute Gasteiger partial charge is 0.339 e. The summed E-state index contributed by atoms with van der Waals surface area (Å²) in [5, 5.41) is 0. The van der Waals surface area contributed by atoms with E-state index in [1.54, 1.807) is 6.08 Å². The van der Waals surface area contributed by atoms with Gasteiger partial charge in [0, 0.05) is 31.6 Å². The normalized spacial score (nSPS) is 19.4. The highest BCUT2D eigenvalue weighted by Gasteiger charge is 2.24. The molecule has 0 radical (unpaired) electrons. The molecule has 0 atom stereocenters. The molecule has 2 heterocycles. The quantitative estimate of drug-likeness (QED) is 0.795. The number of rotatable bonds is 3. The molecule has 0 bridgehead atoms. The minimum Gasteiger partial charge on any atom is -0.339 e. The number of hydrogen-bond donors (Lipinski definition) is 0. The van der Waals surface area contributed by atoms with E-state index in [9.17, 15) is 14.4 Å². The highest BCUT2D eigenvalue weighted by molar-refractivity contribution is 6.01. The Morgan fingerprint density at radius 3 is 2.40 bits per heavy atom. The van der Waals surface area contributed by atoms with E-state index in [0.29, 0.717) is 26.1 Å². The van der Waals surface area contributed by atoms with Gasteiger partial charge < -0.3 is 4.90 Å². The van der Waals surface area contributed by atoms with Crippen LogP contribution in [-0.2, 0) is 9.59 Å². The molecule has 3 amide bonds. The third-order valence-electron chi connectivity index (χ3n) is 4.95. The standard InChI is InChI=1S/C20H24N2O3/c23-18-8-4-5-13-22(18)19(24)10-9-16-11-14-21(15-12-16)20(25)17-6-2-1-3-7-17/h1-3,6-7,9-10,16H,4-5,8,11-15H2/b10-9+. The number of hydrogen-bond acceptors (Lipinski definition) is 3. The molecule has 2 saturated heterocycles.